The Hall–Kier alpha value is -0.170. The van der Waals surface area contributed by atoms with Crippen molar-refractivity contribution in [2.24, 2.45) is 0 Å². The molecule has 1 rings (SSSR count). The first-order chi connectivity index (χ1) is 11.5. The lowest BCUT2D eigenvalue weighted by atomic mass is 10.0. The summed E-state index contributed by atoms with van der Waals surface area (Å²) in [4.78, 5) is 0. The summed E-state index contributed by atoms with van der Waals surface area (Å²) in [6.45, 7) is 2.25. The predicted molar refractivity (Wildman–Crippen MR) is 95.8 cm³/mol. The van der Waals surface area contributed by atoms with E-state index >= 15 is 0 Å². The maximum absolute atomic E-state index is 11.0. The van der Waals surface area contributed by atoms with Gasteiger partial charge < -0.3 is 5.11 Å². The SMILES string of the molecule is CCCCCCCCCCCCCCCCC1OS(=O)(=O)OC1O. The van der Waals surface area contributed by atoms with Crippen molar-refractivity contribution in [1.82, 2.24) is 0 Å². The zero-order chi connectivity index (χ0) is 17.7. The van der Waals surface area contributed by atoms with Crippen LogP contribution in [-0.2, 0) is 18.8 Å². The Balaban J connectivity index is 1.80. The minimum Gasteiger partial charge on any atom is -0.365 e. The smallest absolute Gasteiger partial charge is 0.365 e. The van der Waals surface area contributed by atoms with Gasteiger partial charge in [0.15, 0.2) is 0 Å². The molecule has 0 aromatic heterocycles. The molecule has 0 saturated carbocycles. The van der Waals surface area contributed by atoms with Gasteiger partial charge in [-0.2, -0.15) is 8.42 Å². The summed E-state index contributed by atoms with van der Waals surface area (Å²) in [5.41, 5.74) is 0. The summed E-state index contributed by atoms with van der Waals surface area (Å²) >= 11 is 0. The summed E-state index contributed by atoms with van der Waals surface area (Å²) in [7, 11) is -3.96. The van der Waals surface area contributed by atoms with Gasteiger partial charge in [0.25, 0.3) is 0 Å². The highest BCUT2D eigenvalue weighted by atomic mass is 32.3. The molecule has 1 fully saturated rings. The molecule has 6 heteroatoms. The Kier molecular flexibility index (Phi) is 11.9. The third-order valence-electron chi connectivity index (χ3n) is 4.62. The van der Waals surface area contributed by atoms with E-state index in [-0.39, 0.29) is 0 Å². The molecular formula is C18H36O5S. The first-order valence-corrected chi connectivity index (χ1v) is 11.2. The van der Waals surface area contributed by atoms with Gasteiger partial charge in [0.1, 0.15) is 6.10 Å². The molecule has 0 radical (unpaired) electrons. The molecule has 0 aliphatic carbocycles. The summed E-state index contributed by atoms with van der Waals surface area (Å²) in [5.74, 6) is 0. The first kappa shape index (κ1) is 21.9. The highest BCUT2D eigenvalue weighted by molar-refractivity contribution is 7.82. The maximum Gasteiger partial charge on any atom is 0.402 e. The monoisotopic (exact) mass is 364 g/mol. The zero-order valence-electron chi connectivity index (χ0n) is 15.2. The van der Waals surface area contributed by atoms with Crippen molar-refractivity contribution in [1.29, 1.82) is 0 Å². The van der Waals surface area contributed by atoms with Crippen molar-refractivity contribution in [3.05, 3.63) is 0 Å². The van der Waals surface area contributed by atoms with Crippen LogP contribution < -0.4 is 0 Å². The Morgan fingerprint density at radius 2 is 1.12 bits per heavy atom. The van der Waals surface area contributed by atoms with E-state index in [0.717, 1.165) is 19.3 Å². The van der Waals surface area contributed by atoms with E-state index in [1.165, 1.54) is 70.6 Å². The Bertz CT molecular complexity index is 396. The van der Waals surface area contributed by atoms with E-state index in [0.29, 0.717) is 6.42 Å². The molecular weight excluding hydrogens is 328 g/mol. The first-order valence-electron chi connectivity index (χ1n) is 9.84. The highest BCUT2D eigenvalue weighted by Gasteiger charge is 2.38. The molecule has 0 spiro atoms. The van der Waals surface area contributed by atoms with Crippen LogP contribution in [0.2, 0.25) is 0 Å². The number of hydrogen-bond acceptors (Lipinski definition) is 5. The number of rotatable bonds is 15. The number of unbranched alkanes of at least 4 members (excludes halogenated alkanes) is 13. The van der Waals surface area contributed by atoms with Gasteiger partial charge in [-0.05, 0) is 6.42 Å². The molecule has 0 aromatic carbocycles. The molecule has 144 valence electrons. The zero-order valence-corrected chi connectivity index (χ0v) is 16.1. The van der Waals surface area contributed by atoms with Crippen LogP contribution in [0.4, 0.5) is 0 Å². The van der Waals surface area contributed by atoms with Crippen LogP contribution in [-0.4, -0.2) is 25.9 Å². The highest BCUT2D eigenvalue weighted by Crippen LogP contribution is 2.23. The summed E-state index contributed by atoms with van der Waals surface area (Å²) in [5, 5.41) is 9.40. The van der Waals surface area contributed by atoms with Crippen molar-refractivity contribution in [3.8, 4) is 0 Å². The number of hydrogen-bond donors (Lipinski definition) is 1. The molecule has 0 bridgehead atoms. The average Bonchev–Trinajstić information content (AvgIpc) is 2.80. The second kappa shape index (κ2) is 13.1. The van der Waals surface area contributed by atoms with E-state index in [2.05, 4.69) is 15.3 Å². The molecule has 1 N–H and O–H groups in total. The maximum atomic E-state index is 11.0. The minimum atomic E-state index is -3.96. The molecule has 1 heterocycles. The van der Waals surface area contributed by atoms with Crippen molar-refractivity contribution < 1.29 is 21.9 Å². The van der Waals surface area contributed by atoms with Gasteiger partial charge in [0.2, 0.25) is 6.29 Å². The molecule has 2 atom stereocenters. The topological polar surface area (TPSA) is 72.8 Å². The fraction of sp³-hybridized carbons (Fsp3) is 1.00. The molecule has 1 aliphatic rings. The van der Waals surface area contributed by atoms with E-state index in [1.54, 1.807) is 0 Å². The largest absolute Gasteiger partial charge is 0.402 e. The quantitative estimate of drug-likeness (QED) is 0.421. The third-order valence-corrected chi connectivity index (χ3v) is 5.53. The second-order valence-electron chi connectivity index (χ2n) is 6.91. The summed E-state index contributed by atoms with van der Waals surface area (Å²) in [6, 6.07) is 0. The van der Waals surface area contributed by atoms with E-state index < -0.39 is 22.8 Å². The van der Waals surface area contributed by atoms with Gasteiger partial charge in [-0.1, -0.05) is 96.8 Å². The fourth-order valence-corrected chi connectivity index (χ4v) is 4.04. The van der Waals surface area contributed by atoms with Crippen molar-refractivity contribution in [2.75, 3.05) is 0 Å². The lowest BCUT2D eigenvalue weighted by Crippen LogP contribution is -2.21. The van der Waals surface area contributed by atoms with Crippen LogP contribution >= 0.6 is 0 Å². The lowest BCUT2D eigenvalue weighted by Gasteiger charge is -2.08. The Labute approximate surface area is 148 Å². The van der Waals surface area contributed by atoms with E-state index in [4.69, 9.17) is 0 Å². The van der Waals surface area contributed by atoms with Gasteiger partial charge in [0.05, 0.1) is 0 Å². The van der Waals surface area contributed by atoms with Gasteiger partial charge in [-0.15, -0.1) is 0 Å². The standard InChI is InChI=1S/C18H36O5S/c1-2-3-4-5-6-7-8-9-10-11-12-13-14-15-16-17-18(19)23-24(20,21)22-17/h17-19H,2-16H2,1H3. The Morgan fingerprint density at radius 3 is 1.50 bits per heavy atom. The molecule has 24 heavy (non-hydrogen) atoms. The van der Waals surface area contributed by atoms with Crippen LogP contribution in [0.15, 0.2) is 0 Å². The molecule has 1 saturated heterocycles. The lowest BCUT2D eigenvalue weighted by molar-refractivity contribution is -0.0411. The van der Waals surface area contributed by atoms with Crippen LogP contribution in [0.25, 0.3) is 0 Å². The van der Waals surface area contributed by atoms with E-state index in [9.17, 15) is 13.5 Å². The van der Waals surface area contributed by atoms with Gasteiger partial charge in [-0.3, -0.25) is 0 Å². The third kappa shape index (κ3) is 10.6. The van der Waals surface area contributed by atoms with Crippen LogP contribution in [0, 0.1) is 0 Å². The molecule has 1 aliphatic heterocycles. The molecule has 2 unspecified atom stereocenters. The van der Waals surface area contributed by atoms with Gasteiger partial charge >= 0.3 is 10.4 Å². The molecule has 0 amide bonds. The van der Waals surface area contributed by atoms with Gasteiger partial charge in [-0.25, -0.2) is 8.37 Å². The fourth-order valence-electron chi connectivity index (χ4n) is 3.14. The summed E-state index contributed by atoms with van der Waals surface area (Å²) in [6.07, 6.45) is 16.4. The predicted octanol–water partition coefficient (Wildman–Crippen LogP) is 4.84. The van der Waals surface area contributed by atoms with Crippen LogP contribution in [0.5, 0.6) is 0 Å². The second-order valence-corrected chi connectivity index (χ2v) is 8.12. The molecule has 5 nitrogen and oxygen atoms in total. The Morgan fingerprint density at radius 1 is 0.708 bits per heavy atom. The van der Waals surface area contributed by atoms with Crippen molar-refractivity contribution >= 4 is 10.4 Å². The summed E-state index contributed by atoms with van der Waals surface area (Å²) < 4.78 is 31.0. The number of aliphatic hydroxyl groups excluding tert-OH is 1. The average molecular weight is 365 g/mol. The van der Waals surface area contributed by atoms with Crippen LogP contribution in [0.3, 0.4) is 0 Å². The normalized spacial score (nSPS) is 22.9. The van der Waals surface area contributed by atoms with Crippen molar-refractivity contribution in [2.45, 2.75) is 116 Å². The minimum absolute atomic E-state index is 0.526. The number of aliphatic hydroxyl groups is 1. The molecule has 0 aromatic rings. The van der Waals surface area contributed by atoms with Gasteiger partial charge in [0, 0.05) is 0 Å². The van der Waals surface area contributed by atoms with Crippen LogP contribution in [0.1, 0.15) is 103 Å². The van der Waals surface area contributed by atoms with Crippen molar-refractivity contribution in [3.63, 3.8) is 0 Å². The van der Waals surface area contributed by atoms with E-state index in [1.807, 2.05) is 0 Å².